The van der Waals surface area contributed by atoms with Crippen molar-refractivity contribution in [3.8, 4) is 0 Å². The number of methoxy groups -OCH3 is 1. The van der Waals surface area contributed by atoms with Gasteiger partial charge in [0.25, 0.3) is 0 Å². The molecule has 6 nitrogen and oxygen atoms in total. The third-order valence-corrected chi connectivity index (χ3v) is 4.43. The van der Waals surface area contributed by atoms with E-state index >= 15 is 0 Å². The van der Waals surface area contributed by atoms with Crippen molar-refractivity contribution in [1.82, 2.24) is 4.90 Å². The van der Waals surface area contributed by atoms with Crippen LogP contribution < -0.4 is 10.6 Å². The zero-order chi connectivity index (χ0) is 19.4. The van der Waals surface area contributed by atoms with E-state index in [1.54, 1.807) is 29.2 Å². The van der Waals surface area contributed by atoms with Crippen molar-refractivity contribution in [2.24, 2.45) is 0 Å². The lowest BCUT2D eigenvalue weighted by molar-refractivity contribution is -0.282. The van der Waals surface area contributed by atoms with E-state index in [0.29, 0.717) is 11.4 Å². The van der Waals surface area contributed by atoms with Crippen LogP contribution in [0.3, 0.4) is 0 Å². The maximum Gasteiger partial charge on any atom is 0.417 e. The second kappa shape index (κ2) is 8.05. The molecule has 0 unspecified atom stereocenters. The molecule has 1 heterocycles. The molecule has 2 amide bonds. The summed E-state index contributed by atoms with van der Waals surface area (Å²) >= 11 is 0. The molecule has 144 valence electrons. The van der Waals surface area contributed by atoms with Gasteiger partial charge in [0, 0.05) is 38.5 Å². The van der Waals surface area contributed by atoms with Crippen LogP contribution >= 0.6 is 0 Å². The molecule has 1 aromatic carbocycles. The van der Waals surface area contributed by atoms with Crippen molar-refractivity contribution in [2.75, 3.05) is 37.4 Å². The third kappa shape index (κ3) is 4.95. The number of nitrogens with zero attached hydrogens (tertiary/aromatic N) is 1. The van der Waals surface area contributed by atoms with Crippen LogP contribution in [0.4, 0.5) is 24.5 Å². The molecular weight excluding hydrogens is 351 g/mol. The summed E-state index contributed by atoms with van der Waals surface area (Å²) in [7, 11) is 1.07. The van der Waals surface area contributed by atoms with Crippen molar-refractivity contribution in [3.63, 3.8) is 0 Å². The maximum absolute atomic E-state index is 13.1. The number of rotatable bonds is 5. The Morgan fingerprint density at radius 2 is 1.62 bits per heavy atom. The molecular formula is C17H22F3N3O3. The molecule has 0 aliphatic carbocycles. The number of halogens is 3. The van der Waals surface area contributed by atoms with Crippen LogP contribution in [0.1, 0.15) is 19.8 Å². The quantitative estimate of drug-likeness (QED) is 0.833. The second-order valence-electron chi connectivity index (χ2n) is 6.28. The van der Waals surface area contributed by atoms with Gasteiger partial charge in [-0.3, -0.25) is 14.5 Å². The Morgan fingerprint density at radius 1 is 1.12 bits per heavy atom. The van der Waals surface area contributed by atoms with Crippen molar-refractivity contribution < 1.29 is 27.5 Å². The zero-order valence-corrected chi connectivity index (χ0v) is 14.7. The first-order valence-corrected chi connectivity index (χ1v) is 8.17. The lowest BCUT2D eigenvalue weighted by Gasteiger charge is -2.41. The number of hydrogen-bond donors (Lipinski definition) is 2. The smallest absolute Gasteiger partial charge is 0.369 e. The normalized spacial score (nSPS) is 17.6. The van der Waals surface area contributed by atoms with Crippen molar-refractivity contribution in [2.45, 2.75) is 31.5 Å². The minimum absolute atomic E-state index is 0.00506. The predicted octanol–water partition coefficient (Wildman–Crippen LogP) is 2.63. The number of benzene rings is 1. The summed E-state index contributed by atoms with van der Waals surface area (Å²) in [6.45, 7) is 1.65. The molecule has 1 aromatic rings. The number of amides is 2. The van der Waals surface area contributed by atoms with Gasteiger partial charge in [0.2, 0.25) is 11.8 Å². The Bertz CT molecular complexity index is 639. The van der Waals surface area contributed by atoms with E-state index in [2.05, 4.69) is 10.6 Å². The Kier molecular flexibility index (Phi) is 6.25. The largest absolute Gasteiger partial charge is 0.417 e. The van der Waals surface area contributed by atoms with E-state index in [4.69, 9.17) is 4.74 Å². The average Bonchev–Trinajstić information content (AvgIpc) is 2.56. The molecule has 1 aliphatic rings. The number of hydrogen-bond acceptors (Lipinski definition) is 4. The van der Waals surface area contributed by atoms with Crippen LogP contribution in [0.2, 0.25) is 0 Å². The molecule has 0 atom stereocenters. The van der Waals surface area contributed by atoms with E-state index in [1.807, 2.05) is 0 Å². The number of piperidine rings is 1. The van der Waals surface area contributed by atoms with Gasteiger partial charge in [-0.1, -0.05) is 0 Å². The molecule has 26 heavy (non-hydrogen) atoms. The minimum Gasteiger partial charge on any atom is -0.369 e. The highest BCUT2D eigenvalue weighted by Gasteiger charge is 2.56. The van der Waals surface area contributed by atoms with E-state index in [1.165, 1.54) is 6.92 Å². The first-order valence-electron chi connectivity index (χ1n) is 8.17. The predicted molar refractivity (Wildman–Crippen MR) is 90.8 cm³/mol. The van der Waals surface area contributed by atoms with Crippen molar-refractivity contribution >= 4 is 23.2 Å². The van der Waals surface area contributed by atoms with Crippen LogP contribution in [-0.4, -0.2) is 55.2 Å². The number of alkyl halides is 3. The Morgan fingerprint density at radius 3 is 2.04 bits per heavy atom. The van der Waals surface area contributed by atoms with E-state index in [-0.39, 0.29) is 44.3 Å². The lowest BCUT2D eigenvalue weighted by Crippen LogP contribution is -2.55. The molecule has 0 bridgehead atoms. The van der Waals surface area contributed by atoms with Gasteiger partial charge in [-0.15, -0.1) is 0 Å². The van der Waals surface area contributed by atoms with Gasteiger partial charge < -0.3 is 15.4 Å². The summed E-state index contributed by atoms with van der Waals surface area (Å²) in [5.41, 5.74) is -0.975. The van der Waals surface area contributed by atoms with Gasteiger partial charge in [0.05, 0.1) is 6.54 Å². The van der Waals surface area contributed by atoms with Gasteiger partial charge in [0.1, 0.15) is 0 Å². The molecule has 0 spiro atoms. The van der Waals surface area contributed by atoms with Crippen molar-refractivity contribution in [1.29, 1.82) is 0 Å². The second-order valence-corrected chi connectivity index (χ2v) is 6.28. The molecule has 0 radical (unpaired) electrons. The Labute approximate surface area is 149 Å². The summed E-state index contributed by atoms with van der Waals surface area (Å²) in [4.78, 5) is 24.7. The summed E-state index contributed by atoms with van der Waals surface area (Å²) in [6.07, 6.45) is -4.83. The van der Waals surface area contributed by atoms with E-state index in [9.17, 15) is 22.8 Å². The first kappa shape index (κ1) is 20.2. The molecule has 9 heteroatoms. The van der Waals surface area contributed by atoms with Crippen LogP contribution in [0.5, 0.6) is 0 Å². The molecule has 2 rings (SSSR count). The minimum atomic E-state index is -4.42. The van der Waals surface area contributed by atoms with Crippen LogP contribution in [0.15, 0.2) is 24.3 Å². The number of carbonyl (C=O) groups excluding carboxylic acids is 2. The molecule has 1 fully saturated rings. The highest BCUT2D eigenvalue weighted by Crippen LogP contribution is 2.41. The number of anilines is 2. The topological polar surface area (TPSA) is 70.7 Å². The molecule has 1 saturated heterocycles. The van der Waals surface area contributed by atoms with Crippen molar-refractivity contribution in [3.05, 3.63) is 24.3 Å². The highest BCUT2D eigenvalue weighted by atomic mass is 19.4. The summed E-state index contributed by atoms with van der Waals surface area (Å²) in [5, 5.41) is 5.30. The van der Waals surface area contributed by atoms with E-state index < -0.39 is 11.8 Å². The molecule has 0 saturated carbocycles. The molecule has 2 N–H and O–H groups in total. The van der Waals surface area contributed by atoms with Gasteiger partial charge in [0.15, 0.2) is 5.60 Å². The highest BCUT2D eigenvalue weighted by molar-refractivity contribution is 5.93. The number of nitrogens with one attached hydrogen (secondary N) is 2. The molecule has 0 aromatic heterocycles. The van der Waals surface area contributed by atoms with E-state index in [0.717, 1.165) is 7.11 Å². The van der Waals surface area contributed by atoms with Crippen LogP contribution in [0.25, 0.3) is 0 Å². The summed E-state index contributed by atoms with van der Waals surface area (Å²) < 4.78 is 44.2. The number of ether oxygens (including phenoxy) is 1. The number of likely N-dealkylation sites (tertiary alicyclic amines) is 1. The van der Waals surface area contributed by atoms with Gasteiger partial charge in [-0.25, -0.2) is 0 Å². The summed E-state index contributed by atoms with van der Waals surface area (Å²) in [6, 6.07) is 6.57. The zero-order valence-electron chi connectivity index (χ0n) is 14.7. The Hall–Kier alpha value is -2.13. The fourth-order valence-electron chi connectivity index (χ4n) is 2.92. The molecule has 1 aliphatic heterocycles. The Balaban J connectivity index is 1.85. The monoisotopic (exact) mass is 373 g/mol. The van der Waals surface area contributed by atoms with Crippen LogP contribution in [0, 0.1) is 0 Å². The van der Waals surface area contributed by atoms with Gasteiger partial charge >= 0.3 is 6.18 Å². The lowest BCUT2D eigenvalue weighted by atomic mass is 9.90. The standard InChI is InChI=1S/C17H22F3N3O3/c1-12(24)21-13-3-5-14(6-4-13)22-15(25)11-23-9-7-16(26-2,8-10-23)17(18,19)20/h3-6H,7-11H2,1-2H3,(H,21,24)(H,22,25). The fourth-order valence-corrected chi connectivity index (χ4v) is 2.92. The van der Waals surface area contributed by atoms with Gasteiger partial charge in [-0.05, 0) is 37.1 Å². The SMILES string of the molecule is COC1(C(F)(F)F)CCN(CC(=O)Nc2ccc(NC(C)=O)cc2)CC1. The fraction of sp³-hybridized carbons (Fsp3) is 0.529. The van der Waals surface area contributed by atoms with Crippen LogP contribution in [-0.2, 0) is 14.3 Å². The maximum atomic E-state index is 13.1. The third-order valence-electron chi connectivity index (χ3n) is 4.43. The first-order chi connectivity index (χ1) is 12.1. The average molecular weight is 373 g/mol. The number of carbonyl (C=O) groups is 2. The van der Waals surface area contributed by atoms with Gasteiger partial charge in [-0.2, -0.15) is 13.2 Å². The summed E-state index contributed by atoms with van der Waals surface area (Å²) in [5.74, 6) is -0.507.